The molecule has 0 amide bonds. The van der Waals surface area contributed by atoms with Gasteiger partial charge in [0.25, 0.3) is 0 Å². The highest BCUT2D eigenvalue weighted by molar-refractivity contribution is 4.44. The fourth-order valence-electron chi connectivity index (χ4n) is 0.305. The van der Waals surface area contributed by atoms with Crippen molar-refractivity contribution in [1.82, 2.24) is 10.9 Å². The topological polar surface area (TPSA) is 76.1 Å². The molecule has 0 aliphatic heterocycles. The third-order valence-corrected chi connectivity index (χ3v) is 0.599. The minimum absolute atomic E-state index is 0.0125. The molecule has 4 nitrogen and oxygen atoms in total. The standard InChI is InChI=1S/C4H14N4/c1-4(6)8-7-3-2-5/h4,7-8H,2-3,5-6H2,1H3. The van der Waals surface area contributed by atoms with Gasteiger partial charge in [-0.05, 0) is 6.92 Å². The van der Waals surface area contributed by atoms with Gasteiger partial charge in [-0.25, -0.2) is 5.43 Å². The van der Waals surface area contributed by atoms with Gasteiger partial charge in [-0.1, -0.05) is 0 Å². The number of nitrogens with two attached hydrogens (primary N) is 2. The Morgan fingerprint density at radius 3 is 2.62 bits per heavy atom. The van der Waals surface area contributed by atoms with Crippen LogP contribution in [0.15, 0.2) is 0 Å². The van der Waals surface area contributed by atoms with Gasteiger partial charge in [-0.3, -0.25) is 5.43 Å². The highest BCUT2D eigenvalue weighted by atomic mass is 15.4. The summed E-state index contributed by atoms with van der Waals surface area (Å²) in [6.45, 7) is 3.23. The average molecular weight is 118 g/mol. The van der Waals surface area contributed by atoms with E-state index in [-0.39, 0.29) is 6.17 Å². The Labute approximate surface area is 49.6 Å². The van der Waals surface area contributed by atoms with Gasteiger partial charge in [0.1, 0.15) is 0 Å². The van der Waals surface area contributed by atoms with Crippen LogP contribution in [0, 0.1) is 0 Å². The molecule has 4 heteroatoms. The maximum atomic E-state index is 5.32. The molecule has 0 fully saturated rings. The van der Waals surface area contributed by atoms with Crippen LogP contribution < -0.4 is 22.3 Å². The predicted molar refractivity (Wildman–Crippen MR) is 33.8 cm³/mol. The molecule has 1 atom stereocenters. The molecular weight excluding hydrogens is 104 g/mol. The van der Waals surface area contributed by atoms with Crippen LogP contribution in [0.25, 0.3) is 0 Å². The molecule has 0 heterocycles. The van der Waals surface area contributed by atoms with Gasteiger partial charge in [0, 0.05) is 13.1 Å². The lowest BCUT2D eigenvalue weighted by Gasteiger charge is -2.07. The first-order valence-corrected chi connectivity index (χ1v) is 2.71. The molecule has 0 spiro atoms. The lowest BCUT2D eigenvalue weighted by molar-refractivity contribution is 0.465. The zero-order valence-electron chi connectivity index (χ0n) is 5.15. The second kappa shape index (κ2) is 4.99. The zero-order chi connectivity index (χ0) is 6.41. The molecule has 0 aliphatic rings. The van der Waals surface area contributed by atoms with Crippen molar-refractivity contribution in [2.75, 3.05) is 13.1 Å². The van der Waals surface area contributed by atoms with Crippen molar-refractivity contribution in [2.45, 2.75) is 13.1 Å². The SMILES string of the molecule is CC(N)NNCCN. The van der Waals surface area contributed by atoms with Crippen LogP contribution >= 0.6 is 0 Å². The number of nitrogens with one attached hydrogen (secondary N) is 2. The van der Waals surface area contributed by atoms with Crippen molar-refractivity contribution >= 4 is 0 Å². The summed E-state index contributed by atoms with van der Waals surface area (Å²) in [5.74, 6) is 0. The van der Waals surface area contributed by atoms with E-state index >= 15 is 0 Å². The molecule has 0 aliphatic carbocycles. The highest BCUT2D eigenvalue weighted by Crippen LogP contribution is 1.56. The molecule has 0 aromatic rings. The van der Waals surface area contributed by atoms with E-state index in [1.807, 2.05) is 6.92 Å². The summed E-state index contributed by atoms with van der Waals surface area (Å²) < 4.78 is 0. The van der Waals surface area contributed by atoms with Crippen LogP contribution in [-0.4, -0.2) is 19.3 Å². The average Bonchev–Trinajstić information content (AvgIpc) is 1.66. The van der Waals surface area contributed by atoms with Gasteiger partial charge in [-0.15, -0.1) is 0 Å². The highest BCUT2D eigenvalue weighted by Gasteiger charge is 1.85. The molecule has 8 heavy (non-hydrogen) atoms. The van der Waals surface area contributed by atoms with E-state index in [2.05, 4.69) is 10.9 Å². The smallest absolute Gasteiger partial charge is 0.0650 e. The predicted octanol–water partition coefficient (Wildman–Crippen LogP) is -1.66. The Bertz CT molecular complexity index is 45.3. The van der Waals surface area contributed by atoms with E-state index in [1.165, 1.54) is 0 Å². The van der Waals surface area contributed by atoms with Crippen LogP contribution in [0.3, 0.4) is 0 Å². The third kappa shape index (κ3) is 5.84. The van der Waals surface area contributed by atoms with E-state index in [4.69, 9.17) is 11.5 Å². The van der Waals surface area contributed by atoms with E-state index in [9.17, 15) is 0 Å². The van der Waals surface area contributed by atoms with Crippen molar-refractivity contribution in [2.24, 2.45) is 11.5 Å². The number of hydrazine groups is 1. The van der Waals surface area contributed by atoms with Crippen molar-refractivity contribution in [1.29, 1.82) is 0 Å². The largest absolute Gasteiger partial charge is 0.329 e. The fourth-order valence-corrected chi connectivity index (χ4v) is 0.305. The van der Waals surface area contributed by atoms with E-state index in [0.717, 1.165) is 6.54 Å². The quantitative estimate of drug-likeness (QED) is 0.202. The number of hydrogen-bond acceptors (Lipinski definition) is 4. The molecule has 0 saturated heterocycles. The minimum atomic E-state index is -0.0125. The van der Waals surface area contributed by atoms with Gasteiger partial charge in [0.15, 0.2) is 0 Å². The van der Waals surface area contributed by atoms with Gasteiger partial charge < -0.3 is 11.5 Å². The van der Waals surface area contributed by atoms with Crippen LogP contribution in [0.2, 0.25) is 0 Å². The first-order chi connectivity index (χ1) is 3.77. The second-order valence-electron chi connectivity index (χ2n) is 1.65. The maximum absolute atomic E-state index is 5.32. The minimum Gasteiger partial charge on any atom is -0.329 e. The number of hydrogen-bond donors (Lipinski definition) is 4. The molecule has 0 saturated carbocycles. The Hall–Kier alpha value is -0.160. The Balaban J connectivity index is 2.72. The molecule has 0 bridgehead atoms. The summed E-state index contributed by atoms with van der Waals surface area (Å²) >= 11 is 0. The molecule has 1 unspecified atom stereocenters. The summed E-state index contributed by atoms with van der Waals surface area (Å²) in [6, 6.07) is 0. The maximum Gasteiger partial charge on any atom is 0.0650 e. The molecule has 0 aromatic heterocycles. The zero-order valence-corrected chi connectivity index (χ0v) is 5.15. The lowest BCUT2D eigenvalue weighted by Crippen LogP contribution is -2.45. The molecule has 50 valence electrons. The number of rotatable bonds is 4. The van der Waals surface area contributed by atoms with Crippen LogP contribution in [-0.2, 0) is 0 Å². The van der Waals surface area contributed by atoms with Gasteiger partial charge in [0.2, 0.25) is 0 Å². The second-order valence-corrected chi connectivity index (χ2v) is 1.65. The Kier molecular flexibility index (Phi) is 4.89. The van der Waals surface area contributed by atoms with E-state index in [1.54, 1.807) is 0 Å². The normalized spacial score (nSPS) is 13.9. The van der Waals surface area contributed by atoms with Gasteiger partial charge in [-0.2, -0.15) is 0 Å². The van der Waals surface area contributed by atoms with Crippen molar-refractivity contribution in [3.8, 4) is 0 Å². The van der Waals surface area contributed by atoms with Gasteiger partial charge in [0.05, 0.1) is 6.17 Å². The first-order valence-electron chi connectivity index (χ1n) is 2.71. The molecular formula is C4H14N4. The summed E-state index contributed by atoms with van der Waals surface area (Å²) in [7, 11) is 0. The Morgan fingerprint density at radius 2 is 2.25 bits per heavy atom. The van der Waals surface area contributed by atoms with Crippen molar-refractivity contribution < 1.29 is 0 Å². The summed E-state index contributed by atoms with van der Waals surface area (Å²) in [5, 5.41) is 0. The summed E-state index contributed by atoms with van der Waals surface area (Å²) in [5.41, 5.74) is 16.1. The lowest BCUT2D eigenvalue weighted by atomic mass is 10.6. The van der Waals surface area contributed by atoms with Crippen LogP contribution in [0.4, 0.5) is 0 Å². The first kappa shape index (κ1) is 7.84. The summed E-state index contributed by atoms with van der Waals surface area (Å²) in [6.07, 6.45) is -0.0125. The van der Waals surface area contributed by atoms with Crippen molar-refractivity contribution in [3.05, 3.63) is 0 Å². The van der Waals surface area contributed by atoms with Gasteiger partial charge >= 0.3 is 0 Å². The van der Waals surface area contributed by atoms with E-state index < -0.39 is 0 Å². The molecule has 0 aromatic carbocycles. The molecule has 6 N–H and O–H groups in total. The Morgan fingerprint density at radius 1 is 1.62 bits per heavy atom. The third-order valence-electron chi connectivity index (χ3n) is 0.599. The van der Waals surface area contributed by atoms with Crippen LogP contribution in [0.5, 0.6) is 0 Å². The monoisotopic (exact) mass is 118 g/mol. The molecule has 0 rings (SSSR count). The van der Waals surface area contributed by atoms with Crippen molar-refractivity contribution in [3.63, 3.8) is 0 Å². The molecule has 0 radical (unpaired) electrons. The fraction of sp³-hybridized carbons (Fsp3) is 1.00. The van der Waals surface area contributed by atoms with Crippen LogP contribution in [0.1, 0.15) is 6.92 Å². The summed E-state index contributed by atoms with van der Waals surface area (Å²) in [4.78, 5) is 0. The van der Waals surface area contributed by atoms with E-state index in [0.29, 0.717) is 6.54 Å².